The van der Waals surface area contributed by atoms with Gasteiger partial charge in [0.1, 0.15) is 5.75 Å². The first-order chi connectivity index (χ1) is 14.8. The number of nitrogens with zero attached hydrogens (tertiary/aromatic N) is 4. The maximum absolute atomic E-state index is 5.48. The summed E-state index contributed by atoms with van der Waals surface area (Å²) in [6, 6.07) is 12.2. The molecule has 30 heavy (non-hydrogen) atoms. The van der Waals surface area contributed by atoms with Crippen LogP contribution in [0.2, 0.25) is 0 Å². The predicted octanol–water partition coefficient (Wildman–Crippen LogP) is 2.81. The highest BCUT2D eigenvalue weighted by Gasteiger charge is 2.16. The van der Waals surface area contributed by atoms with Crippen molar-refractivity contribution >= 4 is 0 Å². The van der Waals surface area contributed by atoms with Gasteiger partial charge in [0.05, 0.1) is 32.2 Å². The number of rotatable bonds is 9. The summed E-state index contributed by atoms with van der Waals surface area (Å²) < 4.78 is 10.8. The van der Waals surface area contributed by atoms with Crippen LogP contribution in [-0.4, -0.2) is 71.5 Å². The number of hydrogen-bond acceptors (Lipinski definition) is 6. The molecule has 7 nitrogen and oxygen atoms in total. The molecule has 1 aliphatic rings. The first-order valence-electron chi connectivity index (χ1n) is 10.4. The molecule has 158 valence electrons. The number of ether oxygens (including phenoxy) is 2. The minimum Gasteiger partial charge on any atom is -0.497 e. The summed E-state index contributed by atoms with van der Waals surface area (Å²) in [5.74, 6) is 0.850. The number of aromatic nitrogens is 3. The summed E-state index contributed by atoms with van der Waals surface area (Å²) in [6.07, 6.45) is 5.70. The van der Waals surface area contributed by atoms with Gasteiger partial charge in [-0.3, -0.25) is 19.9 Å². The highest BCUT2D eigenvalue weighted by atomic mass is 16.5. The van der Waals surface area contributed by atoms with Crippen LogP contribution in [0, 0.1) is 0 Å². The lowest BCUT2D eigenvalue weighted by Gasteiger charge is -2.30. The van der Waals surface area contributed by atoms with Gasteiger partial charge in [0.25, 0.3) is 0 Å². The number of hydrogen-bond donors (Lipinski definition) is 1. The van der Waals surface area contributed by atoms with E-state index in [9.17, 15) is 0 Å². The molecular weight excluding hydrogens is 378 g/mol. The van der Waals surface area contributed by atoms with Gasteiger partial charge in [0.2, 0.25) is 0 Å². The summed E-state index contributed by atoms with van der Waals surface area (Å²) in [7, 11) is 1.68. The molecule has 0 spiro atoms. The number of benzene rings is 1. The number of nitrogens with one attached hydrogen (secondary N) is 1. The van der Waals surface area contributed by atoms with E-state index in [1.807, 2.05) is 36.8 Å². The van der Waals surface area contributed by atoms with E-state index < -0.39 is 0 Å². The standard InChI is InChI=1S/C23H29N5O2/c1-29-22-6-4-20(5-7-22)23-21(16-25-26-23)18-28(17-19-3-2-8-24-15-19)10-9-27-11-13-30-14-12-27/h2-8,15-16H,9-14,17-18H2,1H3,(H,25,26). The molecule has 0 amide bonds. The van der Waals surface area contributed by atoms with Crippen LogP contribution in [0.25, 0.3) is 11.3 Å². The Morgan fingerprint density at radius 2 is 1.93 bits per heavy atom. The average molecular weight is 408 g/mol. The van der Waals surface area contributed by atoms with Crippen LogP contribution in [0.4, 0.5) is 0 Å². The molecule has 0 atom stereocenters. The highest BCUT2D eigenvalue weighted by Crippen LogP contribution is 2.25. The van der Waals surface area contributed by atoms with E-state index in [1.165, 1.54) is 11.1 Å². The lowest BCUT2D eigenvalue weighted by atomic mass is 10.1. The van der Waals surface area contributed by atoms with Gasteiger partial charge >= 0.3 is 0 Å². The van der Waals surface area contributed by atoms with Crippen LogP contribution >= 0.6 is 0 Å². The Labute approximate surface area is 177 Å². The molecule has 0 aliphatic carbocycles. The van der Waals surface area contributed by atoms with Crippen molar-refractivity contribution in [3.63, 3.8) is 0 Å². The first-order valence-corrected chi connectivity index (χ1v) is 10.4. The molecule has 1 aliphatic heterocycles. The zero-order valence-corrected chi connectivity index (χ0v) is 17.5. The molecule has 3 aromatic rings. The lowest BCUT2D eigenvalue weighted by Crippen LogP contribution is -2.41. The number of morpholine rings is 1. The van der Waals surface area contributed by atoms with Gasteiger partial charge in [-0.05, 0) is 35.9 Å². The van der Waals surface area contributed by atoms with Crippen molar-refractivity contribution in [2.24, 2.45) is 0 Å². The molecule has 7 heteroatoms. The predicted molar refractivity (Wildman–Crippen MR) is 116 cm³/mol. The average Bonchev–Trinajstić information content (AvgIpc) is 3.27. The maximum atomic E-state index is 5.48. The second-order valence-corrected chi connectivity index (χ2v) is 7.52. The fourth-order valence-corrected chi connectivity index (χ4v) is 3.75. The number of pyridine rings is 1. The molecular formula is C23H29N5O2. The monoisotopic (exact) mass is 407 g/mol. The van der Waals surface area contributed by atoms with Crippen molar-refractivity contribution in [3.8, 4) is 17.0 Å². The van der Waals surface area contributed by atoms with E-state index in [0.29, 0.717) is 0 Å². The van der Waals surface area contributed by atoms with Crippen LogP contribution < -0.4 is 4.74 Å². The molecule has 0 saturated carbocycles. The Bertz CT molecular complexity index is 891. The van der Waals surface area contributed by atoms with Gasteiger partial charge in [0, 0.05) is 62.8 Å². The number of aromatic amines is 1. The summed E-state index contributed by atoms with van der Waals surface area (Å²) in [4.78, 5) is 9.22. The van der Waals surface area contributed by atoms with Crippen molar-refractivity contribution < 1.29 is 9.47 Å². The zero-order chi connectivity index (χ0) is 20.6. The Hall–Kier alpha value is -2.74. The lowest BCUT2D eigenvalue weighted by molar-refractivity contribution is 0.0325. The summed E-state index contributed by atoms with van der Waals surface area (Å²) in [6.45, 7) is 7.33. The van der Waals surface area contributed by atoms with Gasteiger partial charge in [0.15, 0.2) is 0 Å². The van der Waals surface area contributed by atoms with Crippen LogP contribution in [0.3, 0.4) is 0 Å². The molecule has 1 aromatic carbocycles. The minimum atomic E-state index is 0.817. The fourth-order valence-electron chi connectivity index (χ4n) is 3.75. The number of methoxy groups -OCH3 is 1. The smallest absolute Gasteiger partial charge is 0.118 e. The van der Waals surface area contributed by atoms with E-state index in [1.54, 1.807) is 7.11 Å². The maximum Gasteiger partial charge on any atom is 0.118 e. The highest BCUT2D eigenvalue weighted by molar-refractivity contribution is 5.63. The topological polar surface area (TPSA) is 66.5 Å². The summed E-state index contributed by atoms with van der Waals surface area (Å²) in [5.41, 5.74) is 4.57. The second-order valence-electron chi connectivity index (χ2n) is 7.52. The molecule has 0 bridgehead atoms. The van der Waals surface area contributed by atoms with Crippen LogP contribution in [0.1, 0.15) is 11.1 Å². The fraction of sp³-hybridized carbons (Fsp3) is 0.391. The third-order valence-electron chi connectivity index (χ3n) is 5.46. The Morgan fingerprint density at radius 3 is 2.67 bits per heavy atom. The summed E-state index contributed by atoms with van der Waals surface area (Å²) >= 11 is 0. The van der Waals surface area contributed by atoms with E-state index in [2.05, 4.69) is 43.2 Å². The molecule has 3 heterocycles. The SMILES string of the molecule is COc1ccc(-c2[nH]ncc2CN(CCN2CCOCC2)Cc2cccnc2)cc1. The molecule has 0 radical (unpaired) electrons. The van der Waals surface area contributed by atoms with Gasteiger partial charge < -0.3 is 9.47 Å². The van der Waals surface area contributed by atoms with E-state index in [4.69, 9.17) is 9.47 Å². The zero-order valence-electron chi connectivity index (χ0n) is 17.5. The van der Waals surface area contributed by atoms with Gasteiger partial charge in [-0.15, -0.1) is 0 Å². The molecule has 0 unspecified atom stereocenters. The van der Waals surface area contributed by atoms with Crippen LogP contribution in [0.15, 0.2) is 55.0 Å². The largest absolute Gasteiger partial charge is 0.497 e. The van der Waals surface area contributed by atoms with Gasteiger partial charge in [-0.25, -0.2) is 0 Å². The molecule has 1 N–H and O–H groups in total. The van der Waals surface area contributed by atoms with Crippen LogP contribution in [0.5, 0.6) is 5.75 Å². The van der Waals surface area contributed by atoms with Crippen LogP contribution in [-0.2, 0) is 17.8 Å². The van der Waals surface area contributed by atoms with Crippen molar-refractivity contribution in [2.45, 2.75) is 13.1 Å². The summed E-state index contributed by atoms with van der Waals surface area (Å²) in [5, 5.41) is 7.51. The molecule has 1 fully saturated rings. The van der Waals surface area contributed by atoms with E-state index in [0.717, 1.165) is 69.5 Å². The van der Waals surface area contributed by atoms with Gasteiger partial charge in [-0.2, -0.15) is 5.10 Å². The van der Waals surface area contributed by atoms with Gasteiger partial charge in [-0.1, -0.05) is 6.07 Å². The Kier molecular flexibility index (Phi) is 7.07. The van der Waals surface area contributed by atoms with Crippen molar-refractivity contribution in [2.75, 3.05) is 46.5 Å². The van der Waals surface area contributed by atoms with E-state index >= 15 is 0 Å². The van der Waals surface area contributed by atoms with Crippen molar-refractivity contribution in [1.82, 2.24) is 25.0 Å². The van der Waals surface area contributed by atoms with Crippen molar-refractivity contribution in [1.29, 1.82) is 0 Å². The minimum absolute atomic E-state index is 0.817. The Balaban J connectivity index is 1.48. The first kappa shape index (κ1) is 20.5. The van der Waals surface area contributed by atoms with Crippen molar-refractivity contribution in [3.05, 3.63) is 66.1 Å². The molecule has 1 saturated heterocycles. The second kappa shape index (κ2) is 10.3. The Morgan fingerprint density at radius 1 is 1.10 bits per heavy atom. The quantitative estimate of drug-likeness (QED) is 0.588. The molecule has 2 aromatic heterocycles. The normalized spacial score (nSPS) is 14.9. The molecule has 4 rings (SSSR count). The van der Waals surface area contributed by atoms with E-state index in [-0.39, 0.29) is 0 Å². The third kappa shape index (κ3) is 5.44. The third-order valence-corrected chi connectivity index (χ3v) is 5.46. The number of H-pyrrole nitrogens is 1.